The normalized spacial score (nSPS) is 16.0. The summed E-state index contributed by atoms with van der Waals surface area (Å²) in [4.78, 5) is 18.6. The van der Waals surface area contributed by atoms with Crippen LogP contribution >= 0.6 is 0 Å². The lowest BCUT2D eigenvalue weighted by Crippen LogP contribution is -2.44. The summed E-state index contributed by atoms with van der Waals surface area (Å²) >= 11 is 0. The van der Waals surface area contributed by atoms with Gasteiger partial charge in [0.05, 0.1) is 13.2 Å². The molecule has 1 saturated heterocycles. The molecule has 2 N–H and O–H groups in total. The molecule has 140 valence electrons. The Morgan fingerprint density at radius 2 is 2.04 bits per heavy atom. The topological polar surface area (TPSA) is 70.9 Å². The van der Waals surface area contributed by atoms with E-state index >= 15 is 0 Å². The van der Waals surface area contributed by atoms with Crippen LogP contribution in [0.4, 0.5) is 0 Å². The van der Waals surface area contributed by atoms with Crippen molar-refractivity contribution in [3.05, 3.63) is 34.7 Å². The summed E-state index contributed by atoms with van der Waals surface area (Å²) in [6.07, 6.45) is 3.74. The van der Waals surface area contributed by atoms with Crippen molar-refractivity contribution in [3.63, 3.8) is 0 Å². The molecule has 0 bridgehead atoms. The molecule has 1 aliphatic rings. The number of nitrogens with one attached hydrogen (secondary N) is 2. The van der Waals surface area contributed by atoms with E-state index in [2.05, 4.69) is 27.4 Å². The van der Waals surface area contributed by atoms with Crippen LogP contribution in [0.15, 0.2) is 34.2 Å². The number of nitrogens with zero attached hydrogens (tertiary/aromatic N) is 3. The van der Waals surface area contributed by atoms with Gasteiger partial charge in [-0.3, -0.25) is 14.7 Å². The molecular formula is C18H31N5O2. The Hall–Kier alpha value is -1.86. The molecule has 25 heavy (non-hydrogen) atoms. The molecule has 0 unspecified atom stereocenters. The maximum Gasteiger partial charge on any atom is 0.250 e. The van der Waals surface area contributed by atoms with Crippen molar-refractivity contribution in [1.29, 1.82) is 0 Å². The van der Waals surface area contributed by atoms with Gasteiger partial charge in [-0.1, -0.05) is 6.07 Å². The van der Waals surface area contributed by atoms with Crippen molar-refractivity contribution in [1.82, 2.24) is 20.1 Å². The number of hydrogen-bond acceptors (Lipinski definition) is 4. The SMILES string of the molecule is CCNC(=NCCCCn1ccccc1=O)NCCN1CCOCC1. The highest BCUT2D eigenvalue weighted by Gasteiger charge is 2.09. The lowest BCUT2D eigenvalue weighted by molar-refractivity contribution is 0.0389. The highest BCUT2D eigenvalue weighted by atomic mass is 16.5. The molecule has 0 amide bonds. The fourth-order valence-electron chi connectivity index (χ4n) is 2.73. The number of aromatic nitrogens is 1. The zero-order valence-electron chi connectivity index (χ0n) is 15.2. The van der Waals surface area contributed by atoms with Crippen LogP contribution in [0.25, 0.3) is 0 Å². The van der Waals surface area contributed by atoms with E-state index in [4.69, 9.17) is 4.74 Å². The Bertz CT molecular complexity index is 567. The average molecular weight is 349 g/mol. The molecule has 2 heterocycles. The molecular weight excluding hydrogens is 318 g/mol. The summed E-state index contributed by atoms with van der Waals surface area (Å²) < 4.78 is 7.11. The molecule has 7 nitrogen and oxygen atoms in total. The standard InChI is InChI=1S/C18H31N5O2/c1-2-19-18(21-9-12-22-13-15-25-16-14-22)20-8-4-6-11-23-10-5-3-7-17(23)24/h3,5,7,10H,2,4,6,8-9,11-16H2,1H3,(H2,19,20,21). The van der Waals surface area contributed by atoms with E-state index in [0.717, 1.165) is 77.8 Å². The molecule has 0 saturated carbocycles. The predicted molar refractivity (Wildman–Crippen MR) is 101 cm³/mol. The minimum Gasteiger partial charge on any atom is -0.379 e. The van der Waals surface area contributed by atoms with Crippen LogP contribution in [0.2, 0.25) is 0 Å². The number of ether oxygens (including phenoxy) is 1. The third-order valence-corrected chi connectivity index (χ3v) is 4.14. The van der Waals surface area contributed by atoms with Gasteiger partial charge in [-0.25, -0.2) is 0 Å². The average Bonchev–Trinajstić information content (AvgIpc) is 2.64. The quantitative estimate of drug-likeness (QED) is 0.386. The summed E-state index contributed by atoms with van der Waals surface area (Å²) in [5.74, 6) is 0.868. The van der Waals surface area contributed by atoms with E-state index in [-0.39, 0.29) is 5.56 Å². The van der Waals surface area contributed by atoms with Crippen LogP contribution < -0.4 is 16.2 Å². The van der Waals surface area contributed by atoms with Gasteiger partial charge in [0.2, 0.25) is 5.56 Å². The van der Waals surface area contributed by atoms with Crippen LogP contribution in [0.1, 0.15) is 19.8 Å². The summed E-state index contributed by atoms with van der Waals surface area (Å²) in [7, 11) is 0. The number of rotatable bonds is 9. The maximum absolute atomic E-state index is 11.6. The highest BCUT2D eigenvalue weighted by Crippen LogP contribution is 1.96. The maximum atomic E-state index is 11.6. The smallest absolute Gasteiger partial charge is 0.250 e. The summed E-state index contributed by atoms with van der Waals surface area (Å²) in [5, 5.41) is 6.67. The van der Waals surface area contributed by atoms with E-state index in [1.165, 1.54) is 0 Å². The van der Waals surface area contributed by atoms with E-state index < -0.39 is 0 Å². The lowest BCUT2D eigenvalue weighted by Gasteiger charge is -2.26. The van der Waals surface area contributed by atoms with Crippen molar-refractivity contribution in [3.8, 4) is 0 Å². The first kappa shape index (κ1) is 19.5. The molecule has 2 rings (SSSR count). The number of aryl methyl sites for hydroxylation is 1. The van der Waals surface area contributed by atoms with E-state index in [9.17, 15) is 4.79 Å². The Labute approximate surface area is 150 Å². The van der Waals surface area contributed by atoms with Gasteiger partial charge in [0.25, 0.3) is 0 Å². The third-order valence-electron chi connectivity index (χ3n) is 4.14. The molecule has 1 aromatic heterocycles. The minimum atomic E-state index is 0.0594. The lowest BCUT2D eigenvalue weighted by atomic mass is 10.3. The Kier molecular flexibility index (Phi) is 9.07. The monoisotopic (exact) mass is 349 g/mol. The predicted octanol–water partition coefficient (Wildman–Crippen LogP) is 0.516. The third kappa shape index (κ3) is 7.70. The van der Waals surface area contributed by atoms with Crippen LogP contribution in [0, 0.1) is 0 Å². The number of pyridine rings is 1. The van der Waals surface area contributed by atoms with Gasteiger partial charge < -0.3 is 19.9 Å². The molecule has 1 aliphatic heterocycles. The fraction of sp³-hybridized carbons (Fsp3) is 0.667. The molecule has 0 aliphatic carbocycles. The van der Waals surface area contributed by atoms with Crippen molar-refractivity contribution in [2.24, 2.45) is 4.99 Å². The number of morpholine rings is 1. The fourth-order valence-corrected chi connectivity index (χ4v) is 2.73. The molecule has 0 atom stereocenters. The number of unbranched alkanes of at least 4 members (excludes halogenated alkanes) is 1. The number of hydrogen-bond donors (Lipinski definition) is 2. The van der Waals surface area contributed by atoms with Gasteiger partial charge in [-0.15, -0.1) is 0 Å². The highest BCUT2D eigenvalue weighted by molar-refractivity contribution is 5.79. The largest absolute Gasteiger partial charge is 0.379 e. The second kappa shape index (κ2) is 11.7. The molecule has 7 heteroatoms. The van der Waals surface area contributed by atoms with Crippen molar-refractivity contribution in [2.75, 3.05) is 52.5 Å². The number of aliphatic imine (C=N–C) groups is 1. The summed E-state index contributed by atoms with van der Waals surface area (Å²) in [6, 6.07) is 5.26. The Morgan fingerprint density at radius 3 is 2.80 bits per heavy atom. The first-order chi connectivity index (χ1) is 12.3. The molecule has 1 aromatic rings. The van der Waals surface area contributed by atoms with E-state index in [1.54, 1.807) is 16.7 Å². The van der Waals surface area contributed by atoms with Gasteiger partial charge >= 0.3 is 0 Å². The van der Waals surface area contributed by atoms with Crippen molar-refractivity contribution in [2.45, 2.75) is 26.3 Å². The summed E-state index contributed by atoms with van der Waals surface area (Å²) in [6.45, 7) is 9.99. The molecule has 0 aromatic carbocycles. The van der Waals surface area contributed by atoms with Gasteiger partial charge in [0.15, 0.2) is 5.96 Å². The van der Waals surface area contributed by atoms with E-state index in [1.807, 2.05) is 12.3 Å². The van der Waals surface area contributed by atoms with Crippen LogP contribution in [0.3, 0.4) is 0 Å². The van der Waals surface area contributed by atoms with Crippen molar-refractivity contribution < 1.29 is 4.74 Å². The zero-order chi connectivity index (χ0) is 17.7. The second-order valence-corrected chi connectivity index (χ2v) is 6.08. The summed E-state index contributed by atoms with van der Waals surface area (Å²) in [5.41, 5.74) is 0.0594. The first-order valence-corrected chi connectivity index (χ1v) is 9.27. The van der Waals surface area contributed by atoms with Gasteiger partial charge in [-0.05, 0) is 25.8 Å². The Morgan fingerprint density at radius 1 is 1.20 bits per heavy atom. The van der Waals surface area contributed by atoms with Gasteiger partial charge in [-0.2, -0.15) is 0 Å². The van der Waals surface area contributed by atoms with E-state index in [0.29, 0.717) is 0 Å². The Balaban J connectivity index is 1.64. The van der Waals surface area contributed by atoms with Gasteiger partial charge in [0.1, 0.15) is 0 Å². The van der Waals surface area contributed by atoms with Crippen molar-refractivity contribution >= 4 is 5.96 Å². The second-order valence-electron chi connectivity index (χ2n) is 6.08. The molecule has 0 radical (unpaired) electrons. The first-order valence-electron chi connectivity index (χ1n) is 9.27. The van der Waals surface area contributed by atoms with Crippen LogP contribution in [0.5, 0.6) is 0 Å². The van der Waals surface area contributed by atoms with Gasteiger partial charge in [0, 0.05) is 58.1 Å². The number of guanidine groups is 1. The molecule has 0 spiro atoms. The minimum absolute atomic E-state index is 0.0594. The molecule has 1 fully saturated rings. The van der Waals surface area contributed by atoms with Crippen LogP contribution in [-0.4, -0.2) is 67.9 Å². The zero-order valence-corrected chi connectivity index (χ0v) is 15.2. The van der Waals surface area contributed by atoms with Crippen LogP contribution in [-0.2, 0) is 11.3 Å².